The van der Waals surface area contributed by atoms with E-state index in [2.05, 4.69) is 0 Å². The highest BCUT2D eigenvalue weighted by molar-refractivity contribution is 6.53. The Morgan fingerprint density at radius 1 is 1.45 bits per heavy atom. The van der Waals surface area contributed by atoms with E-state index in [4.69, 9.17) is 4.74 Å². The molecule has 0 N–H and O–H groups in total. The Kier molecular flexibility index (Phi) is 2.52. The van der Waals surface area contributed by atoms with Crippen molar-refractivity contribution in [2.24, 2.45) is 0 Å². The SMILES string of the molecule is CBc1c(F)cccc1OC. The molecule has 0 aliphatic rings. The summed E-state index contributed by atoms with van der Waals surface area (Å²) in [6.45, 7) is 1.90. The Morgan fingerprint density at radius 3 is 2.64 bits per heavy atom. The molecule has 1 rings (SSSR count). The van der Waals surface area contributed by atoms with Crippen LogP contribution in [0, 0.1) is 5.82 Å². The number of methoxy groups -OCH3 is 1. The Hall–Kier alpha value is -0.985. The molecule has 0 heterocycles. The highest BCUT2D eigenvalue weighted by Gasteiger charge is 2.05. The van der Waals surface area contributed by atoms with Gasteiger partial charge >= 0.3 is 0 Å². The van der Waals surface area contributed by atoms with Crippen LogP contribution in [0.1, 0.15) is 0 Å². The summed E-state index contributed by atoms with van der Waals surface area (Å²) in [5, 5.41) is 0. The summed E-state index contributed by atoms with van der Waals surface area (Å²) in [5.74, 6) is 0.444. The van der Waals surface area contributed by atoms with Crippen LogP contribution in [0.15, 0.2) is 18.2 Å². The average molecular weight is 152 g/mol. The van der Waals surface area contributed by atoms with Crippen molar-refractivity contribution in [2.45, 2.75) is 6.82 Å². The van der Waals surface area contributed by atoms with Crippen LogP contribution in [0.2, 0.25) is 6.82 Å². The van der Waals surface area contributed by atoms with Crippen molar-refractivity contribution in [1.82, 2.24) is 0 Å². The fourth-order valence-corrected chi connectivity index (χ4v) is 1.07. The molecule has 11 heavy (non-hydrogen) atoms. The van der Waals surface area contributed by atoms with Crippen molar-refractivity contribution >= 4 is 12.7 Å². The maximum atomic E-state index is 13.0. The van der Waals surface area contributed by atoms with Crippen molar-refractivity contribution in [1.29, 1.82) is 0 Å². The first-order valence-electron chi connectivity index (χ1n) is 3.61. The van der Waals surface area contributed by atoms with Gasteiger partial charge in [-0.1, -0.05) is 12.9 Å². The number of halogens is 1. The number of benzene rings is 1. The molecule has 0 aromatic heterocycles. The summed E-state index contributed by atoms with van der Waals surface area (Å²) >= 11 is 0. The van der Waals surface area contributed by atoms with Gasteiger partial charge in [-0.3, -0.25) is 0 Å². The third-order valence-corrected chi connectivity index (χ3v) is 1.65. The summed E-state index contributed by atoms with van der Waals surface area (Å²) in [5.41, 5.74) is 0.648. The zero-order valence-corrected chi connectivity index (χ0v) is 6.73. The van der Waals surface area contributed by atoms with Gasteiger partial charge in [0.2, 0.25) is 0 Å². The maximum absolute atomic E-state index is 13.0. The van der Waals surface area contributed by atoms with E-state index in [9.17, 15) is 4.39 Å². The lowest BCUT2D eigenvalue weighted by molar-refractivity contribution is 0.415. The smallest absolute Gasteiger partial charge is 0.163 e. The van der Waals surface area contributed by atoms with E-state index in [-0.39, 0.29) is 5.82 Å². The highest BCUT2D eigenvalue weighted by atomic mass is 19.1. The van der Waals surface area contributed by atoms with E-state index < -0.39 is 0 Å². The van der Waals surface area contributed by atoms with Crippen LogP contribution in [-0.2, 0) is 0 Å². The van der Waals surface area contributed by atoms with Gasteiger partial charge in [0, 0.05) is 0 Å². The number of hydrogen-bond donors (Lipinski definition) is 0. The zero-order chi connectivity index (χ0) is 8.27. The van der Waals surface area contributed by atoms with Crippen molar-refractivity contribution in [2.75, 3.05) is 7.11 Å². The van der Waals surface area contributed by atoms with Gasteiger partial charge in [0.15, 0.2) is 7.28 Å². The zero-order valence-electron chi connectivity index (χ0n) is 6.73. The minimum absolute atomic E-state index is 0.188. The van der Waals surface area contributed by atoms with Crippen LogP contribution in [-0.4, -0.2) is 14.4 Å². The summed E-state index contributed by atoms with van der Waals surface area (Å²) in [6, 6.07) is 4.86. The first-order chi connectivity index (χ1) is 5.29. The van der Waals surface area contributed by atoms with Gasteiger partial charge in [-0.2, -0.15) is 0 Å². The second kappa shape index (κ2) is 3.42. The van der Waals surface area contributed by atoms with Crippen LogP contribution in [0.5, 0.6) is 5.75 Å². The van der Waals surface area contributed by atoms with E-state index in [1.165, 1.54) is 6.07 Å². The first-order valence-corrected chi connectivity index (χ1v) is 3.61. The normalized spacial score (nSPS) is 9.36. The standard InChI is InChI=1S/C8H10BFO/c1-9-8-6(10)4-3-5-7(8)11-2/h3-5,9H,1-2H3. The molecule has 1 nitrogen and oxygen atoms in total. The Morgan fingerprint density at radius 2 is 2.18 bits per heavy atom. The van der Waals surface area contributed by atoms with Gasteiger partial charge in [-0.15, -0.1) is 0 Å². The molecule has 0 bridgehead atoms. The molecule has 1 aromatic rings. The second-order valence-corrected chi connectivity index (χ2v) is 2.27. The van der Waals surface area contributed by atoms with Gasteiger partial charge in [0.1, 0.15) is 11.6 Å². The molecular weight excluding hydrogens is 142 g/mol. The fraction of sp³-hybridized carbons (Fsp3) is 0.250. The molecule has 0 aliphatic carbocycles. The molecule has 0 aliphatic heterocycles. The molecule has 58 valence electrons. The largest absolute Gasteiger partial charge is 0.497 e. The van der Waals surface area contributed by atoms with Crippen LogP contribution in [0.3, 0.4) is 0 Å². The molecule has 0 fully saturated rings. The van der Waals surface area contributed by atoms with E-state index in [1.807, 2.05) is 6.82 Å². The molecule has 0 atom stereocenters. The summed E-state index contributed by atoms with van der Waals surface area (Å²) in [4.78, 5) is 0. The minimum Gasteiger partial charge on any atom is -0.497 e. The molecule has 0 amide bonds. The number of rotatable bonds is 2. The quantitative estimate of drug-likeness (QED) is 0.573. The average Bonchev–Trinajstić information content (AvgIpc) is 2.04. The van der Waals surface area contributed by atoms with E-state index in [0.717, 1.165) is 0 Å². The lowest BCUT2D eigenvalue weighted by Gasteiger charge is -2.05. The summed E-state index contributed by atoms with van der Waals surface area (Å²) < 4.78 is 17.9. The first kappa shape index (κ1) is 8.11. The molecule has 0 spiro atoms. The van der Waals surface area contributed by atoms with E-state index >= 15 is 0 Å². The Bertz CT molecular complexity index is 250. The highest BCUT2D eigenvalue weighted by Crippen LogP contribution is 2.07. The molecule has 0 unspecified atom stereocenters. The third-order valence-electron chi connectivity index (χ3n) is 1.65. The van der Waals surface area contributed by atoms with E-state index in [1.54, 1.807) is 19.2 Å². The van der Waals surface area contributed by atoms with Gasteiger partial charge in [-0.05, 0) is 17.6 Å². The molecular formula is C8H10BFO. The second-order valence-electron chi connectivity index (χ2n) is 2.27. The van der Waals surface area contributed by atoms with Gasteiger partial charge in [0.25, 0.3) is 0 Å². The molecule has 0 radical (unpaired) electrons. The molecule has 0 saturated carbocycles. The van der Waals surface area contributed by atoms with Gasteiger partial charge in [0.05, 0.1) is 7.11 Å². The lowest BCUT2D eigenvalue weighted by Crippen LogP contribution is -2.17. The van der Waals surface area contributed by atoms with Crippen molar-refractivity contribution < 1.29 is 9.13 Å². The fourth-order valence-electron chi connectivity index (χ4n) is 1.07. The maximum Gasteiger partial charge on any atom is 0.163 e. The molecule has 1 aromatic carbocycles. The molecule has 3 heteroatoms. The number of hydrogen-bond acceptors (Lipinski definition) is 1. The van der Waals surface area contributed by atoms with Crippen LogP contribution in [0.25, 0.3) is 0 Å². The number of ether oxygens (including phenoxy) is 1. The lowest BCUT2D eigenvalue weighted by atomic mass is 9.72. The van der Waals surface area contributed by atoms with Crippen molar-refractivity contribution in [3.63, 3.8) is 0 Å². The Balaban J connectivity index is 3.13. The van der Waals surface area contributed by atoms with Crippen LogP contribution >= 0.6 is 0 Å². The summed E-state index contributed by atoms with van der Waals surface area (Å²) in [7, 11) is 2.21. The van der Waals surface area contributed by atoms with E-state index in [0.29, 0.717) is 18.5 Å². The van der Waals surface area contributed by atoms with Gasteiger partial charge in [-0.25, -0.2) is 4.39 Å². The topological polar surface area (TPSA) is 9.23 Å². The minimum atomic E-state index is -0.188. The summed E-state index contributed by atoms with van der Waals surface area (Å²) in [6.07, 6.45) is 0. The predicted molar refractivity (Wildman–Crippen MR) is 45.6 cm³/mol. The molecule has 0 saturated heterocycles. The predicted octanol–water partition coefficient (Wildman–Crippen LogP) is 0.944. The Labute approximate surface area is 66.4 Å². The third kappa shape index (κ3) is 1.53. The van der Waals surface area contributed by atoms with Gasteiger partial charge < -0.3 is 4.74 Å². The van der Waals surface area contributed by atoms with Crippen molar-refractivity contribution in [3.8, 4) is 5.75 Å². The van der Waals surface area contributed by atoms with Crippen LogP contribution < -0.4 is 10.2 Å². The monoisotopic (exact) mass is 152 g/mol. The van der Waals surface area contributed by atoms with Crippen molar-refractivity contribution in [3.05, 3.63) is 24.0 Å². The van der Waals surface area contributed by atoms with Crippen LogP contribution in [0.4, 0.5) is 4.39 Å².